The fraction of sp³-hybridized carbons (Fsp3) is 0.375. The van der Waals surface area contributed by atoms with Crippen LogP contribution in [0.15, 0.2) is 41.8 Å². The summed E-state index contributed by atoms with van der Waals surface area (Å²) in [6.45, 7) is 3.10. The van der Waals surface area contributed by atoms with E-state index in [1.54, 1.807) is 11.3 Å². The molecule has 100 valence electrons. The summed E-state index contributed by atoms with van der Waals surface area (Å²) < 4.78 is 5.89. The van der Waals surface area contributed by atoms with Crippen LogP contribution in [0.4, 0.5) is 0 Å². The van der Waals surface area contributed by atoms with E-state index in [-0.39, 0.29) is 6.04 Å². The van der Waals surface area contributed by atoms with Crippen LogP contribution in [0.25, 0.3) is 0 Å². The maximum atomic E-state index is 5.89. The van der Waals surface area contributed by atoms with Gasteiger partial charge in [-0.05, 0) is 48.5 Å². The molecule has 0 bridgehead atoms. The summed E-state index contributed by atoms with van der Waals surface area (Å²) in [6, 6.07) is 13.1. The number of hydrogen-bond acceptors (Lipinski definition) is 3. The Morgan fingerprint density at radius 2 is 2.21 bits per heavy atom. The lowest BCUT2D eigenvalue weighted by Crippen LogP contribution is -2.21. The third-order valence-corrected chi connectivity index (χ3v) is 4.19. The maximum Gasteiger partial charge on any atom is 0.120 e. The van der Waals surface area contributed by atoms with Gasteiger partial charge in [0, 0.05) is 4.88 Å². The molecule has 3 heteroatoms. The minimum atomic E-state index is 0.271. The van der Waals surface area contributed by atoms with Crippen LogP contribution in [0, 0.1) is 0 Å². The molecule has 1 aliphatic rings. The van der Waals surface area contributed by atoms with Crippen LogP contribution in [0.1, 0.15) is 36.2 Å². The Labute approximate surface area is 118 Å². The number of benzene rings is 1. The summed E-state index contributed by atoms with van der Waals surface area (Å²) >= 11 is 1.79. The zero-order chi connectivity index (χ0) is 13.1. The molecule has 0 amide bonds. The molecular weight excluding hydrogens is 254 g/mol. The van der Waals surface area contributed by atoms with E-state index in [0.29, 0.717) is 6.10 Å². The summed E-state index contributed by atoms with van der Waals surface area (Å²) in [5.74, 6) is 0.999. The van der Waals surface area contributed by atoms with Gasteiger partial charge in [0.25, 0.3) is 0 Å². The van der Waals surface area contributed by atoms with E-state index in [0.717, 1.165) is 12.3 Å². The summed E-state index contributed by atoms with van der Waals surface area (Å²) in [7, 11) is 0. The summed E-state index contributed by atoms with van der Waals surface area (Å²) in [4.78, 5) is 1.35. The highest BCUT2D eigenvalue weighted by atomic mass is 32.1. The van der Waals surface area contributed by atoms with Gasteiger partial charge in [0.05, 0.1) is 12.1 Å². The summed E-state index contributed by atoms with van der Waals surface area (Å²) in [5.41, 5.74) is 1.28. The number of nitrogens with one attached hydrogen (secondary N) is 1. The molecule has 1 aromatic heterocycles. The molecule has 19 heavy (non-hydrogen) atoms. The van der Waals surface area contributed by atoms with Crippen LogP contribution in [-0.2, 0) is 0 Å². The van der Waals surface area contributed by atoms with Gasteiger partial charge in [-0.2, -0.15) is 0 Å². The second kappa shape index (κ2) is 5.76. The Balaban J connectivity index is 1.84. The fourth-order valence-electron chi connectivity index (χ4n) is 2.19. The molecule has 0 aliphatic heterocycles. The van der Waals surface area contributed by atoms with E-state index in [9.17, 15) is 0 Å². The van der Waals surface area contributed by atoms with Crippen molar-refractivity contribution in [2.45, 2.75) is 31.9 Å². The van der Waals surface area contributed by atoms with Gasteiger partial charge >= 0.3 is 0 Å². The van der Waals surface area contributed by atoms with Gasteiger partial charge < -0.3 is 10.1 Å². The second-order valence-corrected chi connectivity index (χ2v) is 5.88. The van der Waals surface area contributed by atoms with Crippen molar-refractivity contribution in [3.8, 4) is 5.75 Å². The lowest BCUT2D eigenvalue weighted by Gasteiger charge is -2.18. The van der Waals surface area contributed by atoms with Crippen molar-refractivity contribution in [2.75, 3.05) is 6.54 Å². The van der Waals surface area contributed by atoms with Gasteiger partial charge in [-0.3, -0.25) is 0 Å². The largest absolute Gasteiger partial charge is 0.490 e. The van der Waals surface area contributed by atoms with Gasteiger partial charge in [0.1, 0.15) is 5.75 Å². The first kappa shape index (κ1) is 12.7. The van der Waals surface area contributed by atoms with Gasteiger partial charge in [-0.25, -0.2) is 0 Å². The number of thiophene rings is 1. The fourth-order valence-corrected chi connectivity index (χ4v) is 3.02. The van der Waals surface area contributed by atoms with E-state index in [4.69, 9.17) is 4.74 Å². The molecule has 0 spiro atoms. The van der Waals surface area contributed by atoms with Gasteiger partial charge in [-0.15, -0.1) is 11.3 Å². The average molecular weight is 273 g/mol. The lowest BCUT2D eigenvalue weighted by atomic mass is 10.1. The third kappa shape index (κ3) is 3.17. The predicted octanol–water partition coefficient (Wildman–Crippen LogP) is 3.99. The average Bonchev–Trinajstić information content (AvgIpc) is 3.07. The van der Waals surface area contributed by atoms with Gasteiger partial charge in [0.15, 0.2) is 0 Å². The number of ether oxygens (including phenoxy) is 1. The molecule has 2 nitrogen and oxygen atoms in total. The molecule has 1 aliphatic carbocycles. The lowest BCUT2D eigenvalue weighted by molar-refractivity contribution is 0.302. The molecule has 3 rings (SSSR count). The van der Waals surface area contributed by atoms with Crippen LogP contribution in [-0.4, -0.2) is 12.6 Å². The number of rotatable bonds is 6. The van der Waals surface area contributed by atoms with E-state index < -0.39 is 0 Å². The van der Waals surface area contributed by atoms with Crippen molar-refractivity contribution in [3.63, 3.8) is 0 Å². The topological polar surface area (TPSA) is 21.3 Å². The zero-order valence-electron chi connectivity index (χ0n) is 11.1. The molecule has 1 saturated carbocycles. The minimum Gasteiger partial charge on any atom is -0.490 e. The maximum absolute atomic E-state index is 5.89. The van der Waals surface area contributed by atoms with Crippen molar-refractivity contribution >= 4 is 11.3 Å². The first-order chi connectivity index (χ1) is 9.36. The van der Waals surface area contributed by atoms with E-state index >= 15 is 0 Å². The Morgan fingerprint density at radius 1 is 1.32 bits per heavy atom. The first-order valence-corrected chi connectivity index (χ1v) is 7.78. The Kier molecular flexibility index (Phi) is 3.85. The molecule has 1 fully saturated rings. The Hall–Kier alpha value is -1.32. The normalized spacial score (nSPS) is 16.3. The van der Waals surface area contributed by atoms with Crippen LogP contribution in [0.2, 0.25) is 0 Å². The van der Waals surface area contributed by atoms with Crippen LogP contribution >= 0.6 is 11.3 Å². The van der Waals surface area contributed by atoms with Gasteiger partial charge in [-0.1, -0.05) is 25.1 Å². The van der Waals surface area contributed by atoms with Crippen LogP contribution in [0.3, 0.4) is 0 Å². The quantitative estimate of drug-likeness (QED) is 0.859. The second-order valence-electron chi connectivity index (χ2n) is 4.90. The zero-order valence-corrected chi connectivity index (χ0v) is 12.0. The van der Waals surface area contributed by atoms with Crippen molar-refractivity contribution < 1.29 is 4.74 Å². The molecule has 1 N–H and O–H groups in total. The Bertz CT molecular complexity index is 519. The summed E-state index contributed by atoms with van der Waals surface area (Å²) in [6.07, 6.45) is 2.85. The van der Waals surface area contributed by atoms with E-state index in [1.807, 2.05) is 0 Å². The molecule has 1 aromatic carbocycles. The molecule has 0 saturated heterocycles. The van der Waals surface area contributed by atoms with E-state index in [2.05, 4.69) is 54.0 Å². The predicted molar refractivity (Wildman–Crippen MR) is 79.9 cm³/mol. The highest BCUT2D eigenvalue weighted by molar-refractivity contribution is 7.10. The van der Waals surface area contributed by atoms with Crippen LogP contribution in [0.5, 0.6) is 5.75 Å². The molecule has 1 unspecified atom stereocenters. The third-order valence-electron chi connectivity index (χ3n) is 3.25. The summed E-state index contributed by atoms with van der Waals surface area (Å²) in [5, 5.41) is 5.68. The van der Waals surface area contributed by atoms with Crippen molar-refractivity contribution in [3.05, 3.63) is 52.2 Å². The van der Waals surface area contributed by atoms with Crippen molar-refractivity contribution in [2.24, 2.45) is 0 Å². The number of hydrogen-bond donors (Lipinski definition) is 1. The highest BCUT2D eigenvalue weighted by Gasteiger charge is 2.24. The van der Waals surface area contributed by atoms with Gasteiger partial charge in [0.2, 0.25) is 0 Å². The molecule has 2 aromatic rings. The molecule has 1 atom stereocenters. The minimum absolute atomic E-state index is 0.271. The Morgan fingerprint density at radius 3 is 2.89 bits per heavy atom. The van der Waals surface area contributed by atoms with Crippen LogP contribution < -0.4 is 10.1 Å². The molecule has 1 heterocycles. The van der Waals surface area contributed by atoms with Crippen molar-refractivity contribution in [1.82, 2.24) is 5.32 Å². The van der Waals surface area contributed by atoms with Crippen molar-refractivity contribution in [1.29, 1.82) is 0 Å². The first-order valence-electron chi connectivity index (χ1n) is 6.90. The smallest absolute Gasteiger partial charge is 0.120 e. The molecular formula is C16H19NOS. The standard InChI is InChI=1S/C16H19NOS/c1-2-17-16(15-7-4-10-19-15)12-5-3-6-14(11-12)18-13-8-9-13/h3-7,10-11,13,16-17H,2,8-9H2,1H3. The molecule has 0 radical (unpaired) electrons. The monoisotopic (exact) mass is 273 g/mol. The van der Waals surface area contributed by atoms with E-state index in [1.165, 1.54) is 23.3 Å². The highest BCUT2D eigenvalue weighted by Crippen LogP contribution is 2.31. The SMILES string of the molecule is CCNC(c1cccc(OC2CC2)c1)c1cccs1.